The summed E-state index contributed by atoms with van der Waals surface area (Å²) in [6.07, 6.45) is 3.04. The van der Waals surface area contributed by atoms with Crippen molar-refractivity contribution in [3.8, 4) is 0 Å². The minimum absolute atomic E-state index is 0.361. The van der Waals surface area contributed by atoms with E-state index in [1.54, 1.807) is 12.1 Å². The molecule has 2 N–H and O–H groups in total. The van der Waals surface area contributed by atoms with E-state index in [0.717, 1.165) is 12.8 Å². The van der Waals surface area contributed by atoms with E-state index in [1.807, 2.05) is 0 Å². The van der Waals surface area contributed by atoms with Crippen molar-refractivity contribution in [3.63, 3.8) is 0 Å². The predicted molar refractivity (Wildman–Crippen MR) is 85.2 cm³/mol. The molecule has 0 bridgehead atoms. The predicted octanol–water partition coefficient (Wildman–Crippen LogP) is 4.32. The molecular weight excluding hydrogens is 402 g/mol. The highest BCUT2D eigenvalue weighted by atomic mass is 79.9. The van der Waals surface area contributed by atoms with Gasteiger partial charge in [0.15, 0.2) is 0 Å². The van der Waals surface area contributed by atoms with Crippen molar-refractivity contribution in [2.75, 3.05) is 0 Å². The van der Waals surface area contributed by atoms with Gasteiger partial charge in [-0.2, -0.15) is 0 Å². The van der Waals surface area contributed by atoms with Crippen molar-refractivity contribution >= 4 is 51.1 Å². The maximum absolute atomic E-state index is 13.1. The van der Waals surface area contributed by atoms with Crippen LogP contribution in [0.15, 0.2) is 24.3 Å². The lowest BCUT2D eigenvalue weighted by Crippen LogP contribution is -2.32. The third-order valence-electron chi connectivity index (χ3n) is 3.49. The van der Waals surface area contributed by atoms with Gasteiger partial charge in [-0.05, 0) is 46.5 Å². The van der Waals surface area contributed by atoms with Crippen molar-refractivity contribution < 1.29 is 24.2 Å². The Morgan fingerprint density at radius 2 is 1.73 bits per heavy atom. The Morgan fingerprint density at radius 3 is 2.09 bits per heavy atom. The van der Waals surface area contributed by atoms with Crippen LogP contribution in [0.4, 0.5) is 4.39 Å². The topological polar surface area (TPSA) is 74.6 Å². The first kappa shape index (κ1) is 19.2. The molecule has 1 aromatic carbocycles. The Balaban J connectivity index is 0.000000295. The molecule has 1 aromatic rings. The first-order valence-electron chi connectivity index (χ1n) is 6.39. The molecule has 122 valence electrons. The van der Waals surface area contributed by atoms with Crippen LogP contribution in [-0.2, 0) is 15.0 Å². The monoisotopic (exact) mass is 414 g/mol. The number of hydrogen-bond acceptors (Lipinski definition) is 2. The van der Waals surface area contributed by atoms with Gasteiger partial charge in [-0.15, -0.1) is 0 Å². The van der Waals surface area contributed by atoms with Crippen molar-refractivity contribution in [1.29, 1.82) is 0 Å². The van der Waals surface area contributed by atoms with Gasteiger partial charge in [-0.3, -0.25) is 4.79 Å². The molecule has 8 heteroatoms. The Bertz CT molecular complexity index is 554. The third kappa shape index (κ3) is 4.83. The molecule has 1 aliphatic rings. The number of benzene rings is 1. The highest BCUT2D eigenvalue weighted by Gasteiger charge is 2.42. The van der Waals surface area contributed by atoms with Gasteiger partial charge >= 0.3 is 11.9 Å². The number of carboxylic acids is 2. The van der Waals surface area contributed by atoms with Crippen LogP contribution >= 0.6 is 39.1 Å². The summed E-state index contributed by atoms with van der Waals surface area (Å²) >= 11 is 12.4. The molecule has 0 heterocycles. The lowest BCUT2D eigenvalue weighted by atomic mass is 9.79. The van der Waals surface area contributed by atoms with Crippen LogP contribution in [0.1, 0.15) is 31.2 Å². The summed E-state index contributed by atoms with van der Waals surface area (Å²) in [7, 11) is 0. The fourth-order valence-corrected chi connectivity index (χ4v) is 2.39. The molecule has 1 saturated carbocycles. The van der Waals surface area contributed by atoms with Crippen molar-refractivity contribution in [2.45, 2.75) is 34.3 Å². The summed E-state index contributed by atoms with van der Waals surface area (Å²) in [6.45, 7) is 0. The number of halogens is 4. The van der Waals surface area contributed by atoms with Gasteiger partial charge in [0.2, 0.25) is 0 Å². The number of aliphatic carboxylic acids is 2. The highest BCUT2D eigenvalue weighted by Crippen LogP contribution is 2.41. The second kappa shape index (κ2) is 7.62. The van der Waals surface area contributed by atoms with E-state index in [4.69, 9.17) is 28.3 Å². The SMILES string of the molecule is O=C(O)C(Cl)(Cl)Br.O=C(O)C1(c2cccc(F)c2)CCCC1. The first-order valence-corrected chi connectivity index (χ1v) is 7.94. The zero-order valence-corrected chi connectivity index (χ0v) is 14.5. The summed E-state index contributed by atoms with van der Waals surface area (Å²) in [5.74, 6) is -2.50. The summed E-state index contributed by atoms with van der Waals surface area (Å²) in [4.78, 5) is 21.0. The number of hydrogen-bond donors (Lipinski definition) is 2. The van der Waals surface area contributed by atoms with Crippen molar-refractivity contribution in [2.24, 2.45) is 0 Å². The standard InChI is InChI=1S/C12H13FO2.C2HBrCl2O2/c13-10-5-3-4-9(8-10)12(11(14)15)6-1-2-7-12;3-2(4,5)1(6)7/h3-5,8H,1-2,6-7H2,(H,14,15);(H,6,7). The maximum Gasteiger partial charge on any atom is 0.351 e. The van der Waals surface area contributed by atoms with Crippen LogP contribution in [-0.4, -0.2) is 25.4 Å². The van der Waals surface area contributed by atoms with Gasteiger partial charge in [0.05, 0.1) is 5.41 Å². The molecule has 0 amide bonds. The number of carboxylic acid groups (broad SMARTS) is 2. The van der Waals surface area contributed by atoms with E-state index >= 15 is 0 Å². The molecule has 2 rings (SSSR count). The molecule has 0 aromatic heterocycles. The largest absolute Gasteiger partial charge is 0.481 e. The lowest BCUT2D eigenvalue weighted by molar-refractivity contribution is -0.143. The summed E-state index contributed by atoms with van der Waals surface area (Å²) < 4.78 is 11.2. The Morgan fingerprint density at radius 1 is 1.23 bits per heavy atom. The molecule has 22 heavy (non-hydrogen) atoms. The Labute approximate surface area is 145 Å². The van der Waals surface area contributed by atoms with Gasteiger partial charge in [0.1, 0.15) is 5.82 Å². The van der Waals surface area contributed by atoms with E-state index in [2.05, 4.69) is 15.9 Å². The number of alkyl halides is 3. The fraction of sp³-hybridized carbons (Fsp3) is 0.429. The maximum atomic E-state index is 13.1. The van der Waals surface area contributed by atoms with Crippen molar-refractivity contribution in [1.82, 2.24) is 0 Å². The van der Waals surface area contributed by atoms with E-state index < -0.39 is 20.6 Å². The van der Waals surface area contributed by atoms with Crippen molar-refractivity contribution in [3.05, 3.63) is 35.6 Å². The van der Waals surface area contributed by atoms with E-state index in [9.17, 15) is 19.1 Å². The second-order valence-corrected chi connectivity index (χ2v) is 8.34. The second-order valence-electron chi connectivity index (χ2n) is 4.91. The van der Waals surface area contributed by atoms with Gasteiger partial charge in [0, 0.05) is 0 Å². The zero-order valence-electron chi connectivity index (χ0n) is 11.4. The summed E-state index contributed by atoms with van der Waals surface area (Å²) in [5, 5.41) is 17.2. The van der Waals surface area contributed by atoms with Crippen LogP contribution in [0.3, 0.4) is 0 Å². The van der Waals surface area contributed by atoms with E-state index in [1.165, 1.54) is 12.1 Å². The minimum atomic E-state index is -1.83. The molecule has 0 atom stereocenters. The highest BCUT2D eigenvalue weighted by molar-refractivity contribution is 9.11. The van der Waals surface area contributed by atoms with Crippen LogP contribution in [0, 0.1) is 5.82 Å². The first-order chi connectivity index (χ1) is 10.1. The van der Waals surface area contributed by atoms with Crippen LogP contribution < -0.4 is 0 Å². The molecule has 0 aliphatic heterocycles. The van der Waals surface area contributed by atoms with Gasteiger partial charge in [0.25, 0.3) is 3.24 Å². The third-order valence-corrected chi connectivity index (χ3v) is 4.15. The number of carbonyl (C=O) groups is 2. The van der Waals surface area contributed by atoms with E-state index in [-0.39, 0.29) is 5.82 Å². The van der Waals surface area contributed by atoms with Crippen LogP contribution in [0.25, 0.3) is 0 Å². The van der Waals surface area contributed by atoms with Crippen LogP contribution in [0.5, 0.6) is 0 Å². The average molecular weight is 416 g/mol. The molecular formula is C14H14BrCl2FO4. The molecule has 1 aliphatic carbocycles. The Kier molecular flexibility index (Phi) is 6.65. The van der Waals surface area contributed by atoms with Gasteiger partial charge < -0.3 is 10.2 Å². The molecule has 1 fully saturated rings. The number of rotatable bonds is 3. The summed E-state index contributed by atoms with van der Waals surface area (Å²) in [6, 6.07) is 5.98. The smallest absolute Gasteiger partial charge is 0.351 e. The normalized spacial score (nSPS) is 16.5. The lowest BCUT2D eigenvalue weighted by Gasteiger charge is -2.24. The summed E-state index contributed by atoms with van der Waals surface area (Å²) in [5.41, 5.74) is -0.241. The molecule has 0 saturated heterocycles. The Hall–Kier alpha value is -0.850. The minimum Gasteiger partial charge on any atom is -0.481 e. The zero-order chi connectivity index (χ0) is 17.0. The van der Waals surface area contributed by atoms with Gasteiger partial charge in [-0.1, -0.05) is 48.2 Å². The fourth-order valence-electron chi connectivity index (χ4n) is 2.39. The molecule has 0 spiro atoms. The van der Waals surface area contributed by atoms with E-state index in [0.29, 0.717) is 18.4 Å². The molecule has 4 nitrogen and oxygen atoms in total. The van der Waals surface area contributed by atoms with Gasteiger partial charge in [-0.25, -0.2) is 9.18 Å². The average Bonchev–Trinajstić information content (AvgIpc) is 2.89. The molecule has 0 radical (unpaired) electrons. The molecule has 0 unspecified atom stereocenters. The quantitative estimate of drug-likeness (QED) is 0.721. The van der Waals surface area contributed by atoms with Crippen LogP contribution in [0.2, 0.25) is 0 Å².